The fourth-order valence-electron chi connectivity index (χ4n) is 1.90. The molecule has 116 valence electrons. The van der Waals surface area contributed by atoms with Crippen molar-refractivity contribution >= 4 is 31.9 Å². The largest absolute Gasteiger partial charge is 0.497 e. The maximum atomic E-state index is 9.81. The first kappa shape index (κ1) is 17.1. The van der Waals surface area contributed by atoms with E-state index in [0.29, 0.717) is 12.4 Å². The van der Waals surface area contributed by atoms with Crippen molar-refractivity contribution in [1.82, 2.24) is 0 Å². The summed E-state index contributed by atoms with van der Waals surface area (Å²) in [7, 11) is 1.64. The average molecular weight is 428 g/mol. The first-order valence-electron chi connectivity index (χ1n) is 6.60. The maximum absolute atomic E-state index is 9.81. The van der Waals surface area contributed by atoms with Gasteiger partial charge < -0.3 is 14.6 Å². The van der Waals surface area contributed by atoms with Crippen LogP contribution >= 0.6 is 31.9 Å². The third-order valence-electron chi connectivity index (χ3n) is 3.13. The van der Waals surface area contributed by atoms with Crippen LogP contribution in [0.1, 0.15) is 17.2 Å². The summed E-state index contributed by atoms with van der Waals surface area (Å²) in [5.41, 5.74) is 1.78. The number of aliphatic hydroxyl groups is 1. The van der Waals surface area contributed by atoms with E-state index in [0.717, 1.165) is 25.8 Å². The lowest BCUT2D eigenvalue weighted by Crippen LogP contribution is -1.99. The van der Waals surface area contributed by atoms with Crippen LogP contribution in [0.2, 0.25) is 0 Å². The Bertz CT molecular complexity index is 630. The predicted molar refractivity (Wildman–Crippen MR) is 94.3 cm³/mol. The first-order chi connectivity index (χ1) is 10.5. The number of halogens is 2. The molecule has 3 nitrogen and oxygen atoms in total. The molecular weight excluding hydrogens is 412 g/mol. The first-order valence-corrected chi connectivity index (χ1v) is 8.19. The van der Waals surface area contributed by atoms with E-state index >= 15 is 0 Å². The Morgan fingerprint density at radius 2 is 1.77 bits per heavy atom. The molecule has 5 heteroatoms. The third kappa shape index (κ3) is 4.12. The Morgan fingerprint density at radius 1 is 1.18 bits per heavy atom. The monoisotopic (exact) mass is 426 g/mol. The molecular formula is C17H16Br2O3. The number of ether oxygens (including phenoxy) is 2. The van der Waals surface area contributed by atoms with Gasteiger partial charge in [0.1, 0.15) is 18.1 Å². The van der Waals surface area contributed by atoms with Crippen molar-refractivity contribution in [2.45, 2.75) is 12.7 Å². The van der Waals surface area contributed by atoms with Gasteiger partial charge in [0.25, 0.3) is 0 Å². The summed E-state index contributed by atoms with van der Waals surface area (Å²) in [6, 6.07) is 11.3. The van der Waals surface area contributed by atoms with Gasteiger partial charge in [0.05, 0.1) is 22.2 Å². The molecule has 2 aromatic carbocycles. The van der Waals surface area contributed by atoms with E-state index in [4.69, 9.17) is 9.47 Å². The van der Waals surface area contributed by atoms with Crippen LogP contribution in [0.5, 0.6) is 11.5 Å². The van der Waals surface area contributed by atoms with Crippen LogP contribution in [-0.4, -0.2) is 12.2 Å². The summed E-state index contributed by atoms with van der Waals surface area (Å²) < 4.78 is 12.5. The lowest BCUT2D eigenvalue weighted by atomic mass is 10.1. The fraction of sp³-hybridized carbons (Fsp3) is 0.176. The molecule has 0 heterocycles. The van der Waals surface area contributed by atoms with Crippen LogP contribution in [0.3, 0.4) is 0 Å². The quantitative estimate of drug-likeness (QED) is 0.658. The van der Waals surface area contributed by atoms with Crippen molar-refractivity contribution in [3.05, 3.63) is 69.1 Å². The molecule has 1 N–H and O–H groups in total. The molecule has 0 aliphatic heterocycles. The van der Waals surface area contributed by atoms with Crippen LogP contribution in [0, 0.1) is 0 Å². The maximum Gasteiger partial charge on any atom is 0.148 e. The zero-order chi connectivity index (χ0) is 16.1. The third-order valence-corrected chi connectivity index (χ3v) is 4.31. The molecule has 2 rings (SSSR count). The molecule has 1 unspecified atom stereocenters. The molecule has 0 spiro atoms. The highest BCUT2D eigenvalue weighted by atomic mass is 79.9. The number of hydrogen-bond donors (Lipinski definition) is 1. The fourth-order valence-corrected chi connectivity index (χ4v) is 3.35. The van der Waals surface area contributed by atoms with E-state index in [2.05, 4.69) is 38.4 Å². The van der Waals surface area contributed by atoms with Gasteiger partial charge in [0, 0.05) is 0 Å². The van der Waals surface area contributed by atoms with E-state index in [1.165, 1.54) is 6.08 Å². The van der Waals surface area contributed by atoms with Crippen molar-refractivity contribution in [2.24, 2.45) is 0 Å². The minimum absolute atomic E-state index is 0.435. The summed E-state index contributed by atoms with van der Waals surface area (Å²) in [6.07, 6.45) is 0.773. The normalized spacial score (nSPS) is 11.8. The van der Waals surface area contributed by atoms with Crippen molar-refractivity contribution in [3.63, 3.8) is 0 Å². The van der Waals surface area contributed by atoms with Crippen molar-refractivity contribution < 1.29 is 14.6 Å². The molecule has 0 fully saturated rings. The van der Waals surface area contributed by atoms with E-state index < -0.39 is 6.10 Å². The Hall–Kier alpha value is -1.30. The number of methoxy groups -OCH3 is 1. The SMILES string of the molecule is C=CC(O)c1cc(Br)c(OCc2ccc(OC)cc2)c(Br)c1. The second-order valence-corrected chi connectivity index (χ2v) is 6.34. The lowest BCUT2D eigenvalue weighted by Gasteiger charge is -2.14. The molecule has 0 aliphatic rings. The number of aliphatic hydroxyl groups excluding tert-OH is 1. The molecule has 0 radical (unpaired) electrons. The van der Waals surface area contributed by atoms with E-state index in [1.54, 1.807) is 7.11 Å². The standard InChI is InChI=1S/C17H16Br2O3/c1-3-16(20)12-8-14(18)17(15(19)9-12)22-10-11-4-6-13(21-2)7-5-11/h3-9,16,20H,1,10H2,2H3. The molecule has 0 aliphatic carbocycles. The molecule has 0 bridgehead atoms. The van der Waals surface area contributed by atoms with Gasteiger partial charge >= 0.3 is 0 Å². The summed E-state index contributed by atoms with van der Waals surface area (Å²) in [5, 5.41) is 9.81. The van der Waals surface area contributed by atoms with Crippen LogP contribution < -0.4 is 9.47 Å². The van der Waals surface area contributed by atoms with Gasteiger partial charge in [0.15, 0.2) is 0 Å². The lowest BCUT2D eigenvalue weighted by molar-refractivity contribution is 0.228. The second kappa shape index (κ2) is 7.81. The smallest absolute Gasteiger partial charge is 0.148 e. The second-order valence-electron chi connectivity index (χ2n) is 4.63. The van der Waals surface area contributed by atoms with Gasteiger partial charge in [-0.05, 0) is 67.3 Å². The molecule has 2 aromatic rings. The van der Waals surface area contributed by atoms with Crippen molar-refractivity contribution in [3.8, 4) is 11.5 Å². The molecule has 22 heavy (non-hydrogen) atoms. The molecule has 0 saturated heterocycles. The van der Waals surface area contributed by atoms with Crippen LogP contribution in [0.4, 0.5) is 0 Å². The van der Waals surface area contributed by atoms with Gasteiger partial charge in [-0.3, -0.25) is 0 Å². The minimum Gasteiger partial charge on any atom is -0.497 e. The summed E-state index contributed by atoms with van der Waals surface area (Å²) >= 11 is 6.94. The van der Waals surface area contributed by atoms with Gasteiger partial charge in [-0.25, -0.2) is 0 Å². The Balaban J connectivity index is 2.13. The molecule has 0 aromatic heterocycles. The van der Waals surface area contributed by atoms with E-state index in [-0.39, 0.29) is 0 Å². The van der Waals surface area contributed by atoms with E-state index in [1.807, 2.05) is 36.4 Å². The van der Waals surface area contributed by atoms with Gasteiger partial charge in [-0.15, -0.1) is 6.58 Å². The van der Waals surface area contributed by atoms with Gasteiger partial charge in [-0.2, -0.15) is 0 Å². The molecule has 1 atom stereocenters. The topological polar surface area (TPSA) is 38.7 Å². The predicted octanol–water partition coefficient (Wildman–Crippen LogP) is 5.02. The van der Waals surface area contributed by atoms with Crippen molar-refractivity contribution in [2.75, 3.05) is 7.11 Å². The average Bonchev–Trinajstić information content (AvgIpc) is 2.53. The van der Waals surface area contributed by atoms with Crippen LogP contribution in [-0.2, 0) is 6.61 Å². The van der Waals surface area contributed by atoms with Crippen molar-refractivity contribution in [1.29, 1.82) is 0 Å². The zero-order valence-corrected chi connectivity index (χ0v) is 15.2. The van der Waals surface area contributed by atoms with Gasteiger partial charge in [-0.1, -0.05) is 18.2 Å². The zero-order valence-electron chi connectivity index (χ0n) is 12.1. The highest BCUT2D eigenvalue weighted by Gasteiger charge is 2.12. The van der Waals surface area contributed by atoms with E-state index in [9.17, 15) is 5.11 Å². The summed E-state index contributed by atoms with van der Waals surface area (Å²) in [4.78, 5) is 0. The Labute approximate surface area is 146 Å². The molecule has 0 saturated carbocycles. The Kier molecular flexibility index (Phi) is 6.06. The van der Waals surface area contributed by atoms with Crippen LogP contribution in [0.25, 0.3) is 0 Å². The summed E-state index contributed by atoms with van der Waals surface area (Å²) in [6.45, 7) is 4.02. The minimum atomic E-state index is -0.705. The molecule has 0 amide bonds. The Morgan fingerprint density at radius 3 is 2.27 bits per heavy atom. The highest BCUT2D eigenvalue weighted by Crippen LogP contribution is 2.37. The number of benzene rings is 2. The summed E-state index contributed by atoms with van der Waals surface area (Å²) in [5.74, 6) is 1.50. The van der Waals surface area contributed by atoms with Gasteiger partial charge in [0.2, 0.25) is 0 Å². The number of rotatable bonds is 6. The highest BCUT2D eigenvalue weighted by molar-refractivity contribution is 9.11. The number of hydrogen-bond acceptors (Lipinski definition) is 3. The van der Waals surface area contributed by atoms with Crippen LogP contribution in [0.15, 0.2) is 58.0 Å².